The average molecular weight is 310 g/mol. The lowest BCUT2D eigenvalue weighted by Gasteiger charge is -2.19. The highest BCUT2D eigenvalue weighted by Crippen LogP contribution is 2.27. The topological polar surface area (TPSA) is 23.3 Å². The van der Waals surface area contributed by atoms with Crippen molar-refractivity contribution in [2.24, 2.45) is 5.92 Å². The highest BCUT2D eigenvalue weighted by atomic mass is 79.9. The van der Waals surface area contributed by atoms with E-state index < -0.39 is 0 Å². The van der Waals surface area contributed by atoms with Crippen LogP contribution in [0.4, 0.5) is 5.69 Å². The van der Waals surface area contributed by atoms with Crippen molar-refractivity contribution in [3.05, 3.63) is 28.2 Å². The molecule has 18 heavy (non-hydrogen) atoms. The Morgan fingerprint density at radius 2 is 2.22 bits per heavy atom. The van der Waals surface area contributed by atoms with Gasteiger partial charge in [-0.15, -0.1) is 0 Å². The summed E-state index contributed by atoms with van der Waals surface area (Å²) in [5.41, 5.74) is 1.80. The van der Waals surface area contributed by atoms with Gasteiger partial charge in [0.2, 0.25) is 0 Å². The summed E-state index contributed by atoms with van der Waals surface area (Å²) in [6.45, 7) is 2.00. The van der Waals surface area contributed by atoms with Gasteiger partial charge in [0, 0.05) is 28.8 Å². The smallest absolute Gasteiger partial charge is 0.152 e. The predicted molar refractivity (Wildman–Crippen MR) is 78.0 cm³/mol. The standard InChI is InChI=1S/C14H18BrN2O/c1-16(2)8-11-5-6-17(9-11)14-4-3-13(15)7-12(14)10-18/h3-4,7-8,10-11H,5-6,9H2,1-2H3/q+1. The Hall–Kier alpha value is -1.16. The van der Waals surface area contributed by atoms with Crippen LogP contribution in [0.3, 0.4) is 0 Å². The molecule has 0 spiro atoms. The number of anilines is 1. The predicted octanol–water partition coefficient (Wildman–Crippen LogP) is 2.43. The fourth-order valence-corrected chi connectivity index (χ4v) is 2.84. The van der Waals surface area contributed by atoms with Gasteiger partial charge in [0.1, 0.15) is 20.3 Å². The molecule has 4 heteroatoms. The van der Waals surface area contributed by atoms with Crippen LogP contribution in [0.25, 0.3) is 0 Å². The minimum atomic E-state index is 0.572. The number of hydrogen-bond donors (Lipinski definition) is 0. The van der Waals surface area contributed by atoms with Crippen LogP contribution in [-0.4, -0.2) is 44.3 Å². The van der Waals surface area contributed by atoms with Gasteiger partial charge in [-0.2, -0.15) is 0 Å². The van der Waals surface area contributed by atoms with Gasteiger partial charge in [-0.1, -0.05) is 15.9 Å². The quantitative estimate of drug-likeness (QED) is 0.486. The summed E-state index contributed by atoms with van der Waals surface area (Å²) in [5.74, 6) is 0.572. The maximum absolute atomic E-state index is 11.1. The van der Waals surface area contributed by atoms with Crippen LogP contribution in [0.1, 0.15) is 16.8 Å². The van der Waals surface area contributed by atoms with E-state index in [0.29, 0.717) is 5.92 Å². The normalized spacial score (nSPS) is 18.8. The molecule has 96 valence electrons. The third-order valence-corrected chi connectivity index (χ3v) is 3.68. The van der Waals surface area contributed by atoms with Crippen LogP contribution in [0.2, 0.25) is 0 Å². The van der Waals surface area contributed by atoms with E-state index in [9.17, 15) is 4.79 Å². The molecule has 1 atom stereocenters. The largest absolute Gasteiger partial charge is 0.370 e. The van der Waals surface area contributed by atoms with Gasteiger partial charge in [-0.05, 0) is 24.6 Å². The van der Waals surface area contributed by atoms with E-state index in [4.69, 9.17) is 0 Å². The number of rotatable bonds is 3. The summed E-state index contributed by atoms with van der Waals surface area (Å²) in [7, 11) is 4.11. The lowest BCUT2D eigenvalue weighted by atomic mass is 10.1. The number of halogens is 1. The number of hydrogen-bond acceptors (Lipinski definition) is 2. The van der Waals surface area contributed by atoms with E-state index in [1.54, 1.807) is 0 Å². The first kappa shape index (κ1) is 13.3. The van der Waals surface area contributed by atoms with Crippen molar-refractivity contribution in [2.45, 2.75) is 6.42 Å². The summed E-state index contributed by atoms with van der Waals surface area (Å²) >= 11 is 3.40. The Morgan fingerprint density at radius 3 is 2.89 bits per heavy atom. The first-order valence-corrected chi connectivity index (χ1v) is 6.90. The fraction of sp³-hybridized carbons (Fsp3) is 0.429. The number of carbonyl (C=O) groups is 1. The van der Waals surface area contributed by atoms with E-state index in [1.807, 2.05) is 18.2 Å². The number of carbonyl (C=O) groups excluding carboxylic acids is 1. The van der Waals surface area contributed by atoms with Crippen LogP contribution < -0.4 is 4.90 Å². The molecule has 0 aliphatic carbocycles. The molecular weight excluding hydrogens is 292 g/mol. The van der Waals surface area contributed by atoms with Crippen molar-refractivity contribution in [2.75, 3.05) is 32.1 Å². The second-order valence-electron chi connectivity index (χ2n) is 4.93. The molecule has 0 saturated carbocycles. The summed E-state index contributed by atoms with van der Waals surface area (Å²) in [4.78, 5) is 13.4. The molecule has 0 amide bonds. The highest BCUT2D eigenvalue weighted by molar-refractivity contribution is 9.10. The first-order chi connectivity index (χ1) is 8.60. The fourth-order valence-electron chi connectivity index (χ4n) is 2.46. The van der Waals surface area contributed by atoms with Crippen molar-refractivity contribution in [1.29, 1.82) is 0 Å². The summed E-state index contributed by atoms with van der Waals surface area (Å²) in [6, 6.07) is 5.89. The van der Waals surface area contributed by atoms with E-state index in [1.165, 1.54) is 0 Å². The number of nitrogens with zero attached hydrogens (tertiary/aromatic N) is 2. The molecule has 1 heterocycles. The van der Waals surface area contributed by atoms with Gasteiger partial charge in [0.15, 0.2) is 6.29 Å². The second-order valence-corrected chi connectivity index (χ2v) is 5.84. The molecular formula is C14H18BrN2O+. The van der Waals surface area contributed by atoms with Crippen LogP contribution in [-0.2, 0) is 0 Å². The molecule has 1 aliphatic heterocycles. The molecule has 1 unspecified atom stereocenters. The Morgan fingerprint density at radius 1 is 1.44 bits per heavy atom. The monoisotopic (exact) mass is 309 g/mol. The van der Waals surface area contributed by atoms with E-state index in [2.05, 4.69) is 45.7 Å². The second kappa shape index (κ2) is 5.65. The molecule has 0 bridgehead atoms. The molecule has 0 radical (unpaired) electrons. The molecule has 0 N–H and O–H groups in total. The van der Waals surface area contributed by atoms with Crippen molar-refractivity contribution in [1.82, 2.24) is 0 Å². The van der Waals surface area contributed by atoms with E-state index in [0.717, 1.165) is 41.5 Å². The Kier molecular flexibility index (Phi) is 4.17. The lowest BCUT2D eigenvalue weighted by Crippen LogP contribution is -2.22. The summed E-state index contributed by atoms with van der Waals surface area (Å²) in [6.07, 6.45) is 4.33. The van der Waals surface area contributed by atoms with Gasteiger partial charge in [0.05, 0.1) is 5.92 Å². The van der Waals surface area contributed by atoms with Crippen LogP contribution >= 0.6 is 15.9 Å². The molecule has 0 aromatic heterocycles. The van der Waals surface area contributed by atoms with Crippen molar-refractivity contribution < 1.29 is 9.37 Å². The Balaban J connectivity index is 2.19. The van der Waals surface area contributed by atoms with Crippen LogP contribution in [0.5, 0.6) is 0 Å². The van der Waals surface area contributed by atoms with E-state index >= 15 is 0 Å². The minimum Gasteiger partial charge on any atom is -0.370 e. The number of aldehydes is 1. The average Bonchev–Trinajstić information content (AvgIpc) is 2.76. The zero-order valence-electron chi connectivity index (χ0n) is 10.8. The van der Waals surface area contributed by atoms with Crippen molar-refractivity contribution >= 4 is 34.1 Å². The van der Waals surface area contributed by atoms with Gasteiger partial charge >= 0.3 is 0 Å². The number of benzene rings is 1. The molecule has 1 aromatic carbocycles. The van der Waals surface area contributed by atoms with Crippen molar-refractivity contribution in [3.63, 3.8) is 0 Å². The highest BCUT2D eigenvalue weighted by Gasteiger charge is 2.24. The van der Waals surface area contributed by atoms with Crippen molar-refractivity contribution in [3.8, 4) is 0 Å². The van der Waals surface area contributed by atoms with E-state index in [-0.39, 0.29) is 0 Å². The van der Waals surface area contributed by atoms with Crippen LogP contribution in [0.15, 0.2) is 22.7 Å². The molecule has 1 aromatic rings. The zero-order valence-corrected chi connectivity index (χ0v) is 12.4. The lowest BCUT2D eigenvalue weighted by molar-refractivity contribution is -0.461. The molecule has 1 aliphatic rings. The molecule has 1 fully saturated rings. The van der Waals surface area contributed by atoms with Gasteiger partial charge in [-0.25, -0.2) is 4.58 Å². The minimum absolute atomic E-state index is 0.572. The SMILES string of the molecule is C[N+](C)=CC1CCN(c2ccc(Br)cc2C=O)C1. The van der Waals surface area contributed by atoms with Crippen LogP contribution in [0, 0.1) is 5.92 Å². The summed E-state index contributed by atoms with van der Waals surface area (Å²) in [5, 5.41) is 0. The maximum Gasteiger partial charge on any atom is 0.152 e. The first-order valence-electron chi connectivity index (χ1n) is 6.11. The zero-order chi connectivity index (χ0) is 13.1. The van der Waals surface area contributed by atoms with Gasteiger partial charge in [0.25, 0.3) is 0 Å². The third-order valence-electron chi connectivity index (χ3n) is 3.19. The third kappa shape index (κ3) is 2.99. The Labute approximate surface area is 116 Å². The maximum atomic E-state index is 11.1. The molecule has 3 nitrogen and oxygen atoms in total. The molecule has 1 saturated heterocycles. The van der Waals surface area contributed by atoms with Gasteiger partial charge in [-0.3, -0.25) is 4.79 Å². The Bertz CT molecular complexity index is 481. The summed E-state index contributed by atoms with van der Waals surface area (Å²) < 4.78 is 3.06. The van der Waals surface area contributed by atoms with Gasteiger partial charge < -0.3 is 4.90 Å². The molecule has 2 rings (SSSR count).